The Balaban J connectivity index is 2.37. The molecule has 2 aliphatic heterocycles. The molecule has 0 aromatic heterocycles. The molecule has 1 saturated heterocycles. The van der Waals surface area contributed by atoms with Gasteiger partial charge in [-0.1, -0.05) is 17.7 Å². The van der Waals surface area contributed by atoms with E-state index in [1.165, 1.54) is 0 Å². The molecule has 3 rings (SSSR count). The minimum Gasteiger partial charge on any atom is -0.314 e. The van der Waals surface area contributed by atoms with Gasteiger partial charge < -0.3 is 9.80 Å². The maximum Gasteiger partial charge on any atom is 0.241 e. The van der Waals surface area contributed by atoms with Crippen molar-refractivity contribution in [2.45, 2.75) is 12.3 Å². The minimum absolute atomic E-state index is 0.157. The Kier molecular flexibility index (Phi) is 2.63. The van der Waals surface area contributed by atoms with Crippen molar-refractivity contribution < 1.29 is 4.79 Å². The quantitative estimate of drug-likeness (QED) is 0.715. The molecule has 0 radical (unpaired) electrons. The molecule has 0 aliphatic carbocycles. The average molecular weight is 280 g/mol. The summed E-state index contributed by atoms with van der Waals surface area (Å²) in [5.41, 5.74) is 0.210. The first-order valence-corrected chi connectivity index (χ1v) is 6.82. The van der Waals surface area contributed by atoms with E-state index in [0.29, 0.717) is 6.54 Å². The van der Waals surface area contributed by atoms with E-state index in [2.05, 4.69) is 12.1 Å². The van der Waals surface area contributed by atoms with E-state index < -0.39 is 10.8 Å². The van der Waals surface area contributed by atoms with Crippen molar-refractivity contribution in [2.75, 3.05) is 32.1 Å². The van der Waals surface area contributed by atoms with Crippen LogP contribution >= 0.6 is 0 Å². The average Bonchev–Trinajstić information content (AvgIpc) is 2.88. The summed E-state index contributed by atoms with van der Waals surface area (Å²) in [6, 6.07) is 10.1. The Morgan fingerprint density at radius 2 is 1.86 bits per heavy atom. The number of likely N-dealkylation sites (N-methyl/N-ethyl adjacent to an activating group) is 2. The number of nitrogens with zero attached hydrogens (tertiary/aromatic N) is 4. The molecule has 0 unspecified atom stereocenters. The van der Waals surface area contributed by atoms with Gasteiger partial charge in [-0.15, -0.1) is 0 Å². The fraction of sp³-hybridized carbons (Fsp3) is 0.438. The monoisotopic (exact) mass is 280 g/mol. The molecule has 2 aliphatic rings. The number of carbonyl (C=O) groups excluding carboxylic acids is 1. The topological polar surface area (TPSA) is 71.1 Å². The number of hydrogen-bond acceptors (Lipinski definition) is 4. The Morgan fingerprint density at radius 1 is 1.19 bits per heavy atom. The molecule has 1 aromatic rings. The van der Waals surface area contributed by atoms with E-state index in [4.69, 9.17) is 0 Å². The maximum absolute atomic E-state index is 13.0. The van der Waals surface area contributed by atoms with Gasteiger partial charge in [0.2, 0.25) is 5.91 Å². The van der Waals surface area contributed by atoms with E-state index in [0.717, 1.165) is 16.8 Å². The molecular formula is C16H16N4O. The van der Waals surface area contributed by atoms with Crippen molar-refractivity contribution >= 4 is 11.6 Å². The molecule has 1 amide bonds. The molecule has 0 N–H and O–H groups in total. The second kappa shape index (κ2) is 4.07. The van der Waals surface area contributed by atoms with Crippen molar-refractivity contribution in [1.82, 2.24) is 4.90 Å². The van der Waals surface area contributed by atoms with Crippen LogP contribution in [0, 0.1) is 35.0 Å². The summed E-state index contributed by atoms with van der Waals surface area (Å²) in [6.45, 7) is 2.64. The number of aryl methyl sites for hydroxylation is 1. The van der Waals surface area contributed by atoms with Gasteiger partial charge in [-0.25, -0.2) is 0 Å². The molecule has 5 heteroatoms. The lowest BCUT2D eigenvalue weighted by Crippen LogP contribution is -2.50. The zero-order valence-corrected chi connectivity index (χ0v) is 12.3. The summed E-state index contributed by atoms with van der Waals surface area (Å²) >= 11 is 0. The molecule has 0 bridgehead atoms. The third kappa shape index (κ3) is 1.39. The number of hydrogen-bond donors (Lipinski definition) is 0. The van der Waals surface area contributed by atoms with Crippen molar-refractivity contribution in [3.05, 3.63) is 29.3 Å². The highest BCUT2D eigenvalue weighted by atomic mass is 16.2. The summed E-state index contributed by atoms with van der Waals surface area (Å²) in [5, 5.41) is 19.4. The van der Waals surface area contributed by atoms with Gasteiger partial charge in [0.25, 0.3) is 0 Å². The second-order valence-corrected chi connectivity index (χ2v) is 6.09. The summed E-state index contributed by atoms with van der Waals surface area (Å²) < 4.78 is 0. The molecule has 0 saturated carbocycles. The Morgan fingerprint density at radius 3 is 2.48 bits per heavy atom. The minimum atomic E-state index is -1.34. The van der Waals surface area contributed by atoms with E-state index in [1.807, 2.05) is 37.1 Å². The lowest BCUT2D eigenvalue weighted by atomic mass is 9.63. The number of rotatable bonds is 0. The van der Waals surface area contributed by atoms with Crippen LogP contribution < -0.4 is 4.90 Å². The van der Waals surface area contributed by atoms with Crippen LogP contribution in [0.4, 0.5) is 5.69 Å². The van der Waals surface area contributed by atoms with Crippen LogP contribution in [0.2, 0.25) is 0 Å². The molecule has 21 heavy (non-hydrogen) atoms. The molecular weight excluding hydrogens is 264 g/mol. The highest BCUT2D eigenvalue weighted by Crippen LogP contribution is 2.55. The Labute approximate surface area is 124 Å². The number of carbonyl (C=O) groups is 1. The zero-order valence-electron chi connectivity index (χ0n) is 12.3. The number of amides is 1. The van der Waals surface area contributed by atoms with Gasteiger partial charge in [0.15, 0.2) is 5.41 Å². The van der Waals surface area contributed by atoms with Crippen molar-refractivity contribution in [1.29, 1.82) is 10.5 Å². The smallest absolute Gasteiger partial charge is 0.241 e. The standard InChI is InChI=1S/C16H16N4O/c1-11-4-5-13-12(6-11)16(14(21)20(13)3)10-19(2)9-15(16,7-17)8-18/h4-6H,9-10H2,1-3H3/t16-/m1/s1. The first-order chi connectivity index (χ1) is 9.91. The third-order valence-corrected chi connectivity index (χ3v) is 4.77. The highest BCUT2D eigenvalue weighted by Gasteiger charge is 2.68. The van der Waals surface area contributed by atoms with Crippen LogP contribution in [0.3, 0.4) is 0 Å². The normalized spacial score (nSPS) is 26.7. The van der Waals surface area contributed by atoms with Crippen molar-refractivity contribution in [3.63, 3.8) is 0 Å². The van der Waals surface area contributed by atoms with Gasteiger partial charge in [0.05, 0.1) is 12.1 Å². The van der Waals surface area contributed by atoms with Gasteiger partial charge in [0.1, 0.15) is 5.41 Å². The van der Waals surface area contributed by atoms with E-state index in [1.54, 1.807) is 11.9 Å². The maximum atomic E-state index is 13.0. The number of fused-ring (bicyclic) bond motifs is 2. The summed E-state index contributed by atoms with van der Waals surface area (Å²) in [7, 11) is 3.56. The molecule has 5 nitrogen and oxygen atoms in total. The van der Waals surface area contributed by atoms with Crippen molar-refractivity contribution in [3.8, 4) is 12.1 Å². The SMILES string of the molecule is Cc1ccc2c(c1)[C@]1(CN(C)CC1(C#N)C#N)C(=O)N2C. The summed E-state index contributed by atoms with van der Waals surface area (Å²) in [4.78, 5) is 16.5. The first kappa shape index (κ1) is 13.6. The number of anilines is 1. The third-order valence-electron chi connectivity index (χ3n) is 4.77. The first-order valence-electron chi connectivity index (χ1n) is 6.82. The lowest BCUT2D eigenvalue weighted by Gasteiger charge is -2.30. The highest BCUT2D eigenvalue weighted by molar-refractivity contribution is 6.09. The summed E-state index contributed by atoms with van der Waals surface area (Å²) in [6.07, 6.45) is 0. The van der Waals surface area contributed by atoms with Gasteiger partial charge in [-0.2, -0.15) is 10.5 Å². The van der Waals surface area contributed by atoms with Gasteiger partial charge in [0, 0.05) is 25.8 Å². The van der Waals surface area contributed by atoms with Crippen LogP contribution in [0.25, 0.3) is 0 Å². The Hall–Kier alpha value is -2.37. The van der Waals surface area contributed by atoms with Gasteiger partial charge >= 0.3 is 0 Å². The van der Waals surface area contributed by atoms with Crippen LogP contribution in [0.15, 0.2) is 18.2 Å². The Bertz CT molecular complexity index is 713. The summed E-state index contributed by atoms with van der Waals surface area (Å²) in [5.74, 6) is -0.157. The van der Waals surface area contributed by atoms with E-state index >= 15 is 0 Å². The van der Waals surface area contributed by atoms with E-state index in [9.17, 15) is 15.3 Å². The fourth-order valence-corrected chi connectivity index (χ4v) is 3.78. The molecule has 2 heterocycles. The number of likely N-dealkylation sites (tertiary alicyclic amines) is 1. The predicted octanol–water partition coefficient (Wildman–Crippen LogP) is 1.19. The second-order valence-electron chi connectivity index (χ2n) is 6.09. The molecule has 1 spiro atoms. The van der Waals surface area contributed by atoms with Crippen LogP contribution in [-0.2, 0) is 10.2 Å². The van der Waals surface area contributed by atoms with E-state index in [-0.39, 0.29) is 12.5 Å². The number of benzene rings is 1. The van der Waals surface area contributed by atoms with Crippen LogP contribution in [0.1, 0.15) is 11.1 Å². The lowest BCUT2D eigenvalue weighted by molar-refractivity contribution is -0.124. The molecule has 106 valence electrons. The molecule has 1 aromatic carbocycles. The fourth-order valence-electron chi connectivity index (χ4n) is 3.78. The molecule has 1 fully saturated rings. The zero-order chi connectivity index (χ0) is 15.4. The van der Waals surface area contributed by atoms with Gasteiger partial charge in [-0.05, 0) is 25.6 Å². The van der Waals surface area contributed by atoms with Crippen molar-refractivity contribution in [2.24, 2.45) is 5.41 Å². The van der Waals surface area contributed by atoms with Crippen LogP contribution in [-0.4, -0.2) is 38.0 Å². The predicted molar refractivity (Wildman–Crippen MR) is 77.4 cm³/mol. The van der Waals surface area contributed by atoms with Gasteiger partial charge in [-0.3, -0.25) is 4.79 Å². The van der Waals surface area contributed by atoms with Crippen LogP contribution in [0.5, 0.6) is 0 Å². The largest absolute Gasteiger partial charge is 0.314 e. The number of nitriles is 2. The molecule has 1 atom stereocenters.